The number of rotatable bonds is 1. The fourth-order valence-corrected chi connectivity index (χ4v) is 1.95. The number of nitrogens with zero attached hydrogens (tertiary/aromatic N) is 2. The summed E-state index contributed by atoms with van der Waals surface area (Å²) in [7, 11) is 0. The smallest absolute Gasteiger partial charge is 0.305 e. The Morgan fingerprint density at radius 1 is 1.28 bits per heavy atom. The average molecular weight is 243 g/mol. The number of benzene rings is 1. The minimum Gasteiger partial charge on any atom is -0.305 e. The average Bonchev–Trinajstić information content (AvgIpc) is 2.64. The number of nitrogens with one attached hydrogen (secondary N) is 1. The number of fused-ring (bicyclic) bond motifs is 1. The van der Waals surface area contributed by atoms with Gasteiger partial charge < -0.3 is 4.98 Å². The van der Waals surface area contributed by atoms with Gasteiger partial charge in [0.05, 0.1) is 11.0 Å². The van der Waals surface area contributed by atoms with E-state index >= 15 is 0 Å². The summed E-state index contributed by atoms with van der Waals surface area (Å²) in [5.41, 5.74) is 1.75. The van der Waals surface area contributed by atoms with Crippen LogP contribution in [0.1, 0.15) is 5.56 Å². The maximum atomic E-state index is 13.1. The molecule has 90 valence electrons. The van der Waals surface area contributed by atoms with E-state index in [1.165, 1.54) is 16.7 Å². The van der Waals surface area contributed by atoms with Crippen LogP contribution in [0, 0.1) is 12.7 Å². The molecule has 1 aromatic carbocycles. The van der Waals surface area contributed by atoms with E-state index in [0.717, 1.165) is 5.56 Å². The summed E-state index contributed by atoms with van der Waals surface area (Å²) in [6, 6.07) is 7.83. The molecule has 18 heavy (non-hydrogen) atoms. The zero-order valence-electron chi connectivity index (χ0n) is 9.64. The lowest BCUT2D eigenvalue weighted by Crippen LogP contribution is -2.15. The number of aromatic amines is 1. The van der Waals surface area contributed by atoms with Gasteiger partial charge in [-0.15, -0.1) is 0 Å². The quantitative estimate of drug-likeness (QED) is 0.712. The highest BCUT2D eigenvalue weighted by Crippen LogP contribution is 2.15. The van der Waals surface area contributed by atoms with Crippen molar-refractivity contribution in [3.05, 3.63) is 58.4 Å². The molecule has 0 aliphatic carbocycles. The Bertz CT molecular complexity index is 788. The maximum absolute atomic E-state index is 13.1. The first-order valence-corrected chi connectivity index (χ1v) is 5.48. The Labute approximate surface area is 102 Å². The highest BCUT2D eigenvalue weighted by molar-refractivity contribution is 5.76. The van der Waals surface area contributed by atoms with Crippen LogP contribution in [0.2, 0.25) is 0 Å². The highest BCUT2D eigenvalue weighted by atomic mass is 19.1. The molecule has 0 aliphatic rings. The van der Waals surface area contributed by atoms with Crippen molar-refractivity contribution >= 4 is 11.0 Å². The molecule has 0 spiro atoms. The van der Waals surface area contributed by atoms with Gasteiger partial charge in [0.1, 0.15) is 11.6 Å². The second-order valence-electron chi connectivity index (χ2n) is 4.12. The van der Waals surface area contributed by atoms with Crippen LogP contribution in [-0.4, -0.2) is 14.5 Å². The van der Waals surface area contributed by atoms with Gasteiger partial charge in [-0.2, -0.15) is 0 Å². The predicted octanol–water partition coefficient (Wildman–Crippen LogP) is 2.16. The molecule has 3 aromatic rings. The van der Waals surface area contributed by atoms with E-state index in [1.807, 2.05) is 13.0 Å². The first-order valence-electron chi connectivity index (χ1n) is 5.48. The molecule has 0 amide bonds. The van der Waals surface area contributed by atoms with Gasteiger partial charge in [0.15, 0.2) is 0 Å². The fourth-order valence-electron chi connectivity index (χ4n) is 1.95. The van der Waals surface area contributed by atoms with Gasteiger partial charge >= 0.3 is 5.69 Å². The minimum absolute atomic E-state index is 0.325. The number of pyridine rings is 1. The minimum atomic E-state index is -0.381. The van der Waals surface area contributed by atoms with Gasteiger partial charge in [-0.3, -0.25) is 0 Å². The van der Waals surface area contributed by atoms with E-state index in [2.05, 4.69) is 9.97 Å². The van der Waals surface area contributed by atoms with Crippen LogP contribution in [0.3, 0.4) is 0 Å². The third-order valence-corrected chi connectivity index (χ3v) is 2.77. The van der Waals surface area contributed by atoms with Crippen molar-refractivity contribution in [3.63, 3.8) is 0 Å². The topological polar surface area (TPSA) is 50.7 Å². The second kappa shape index (κ2) is 3.80. The maximum Gasteiger partial charge on any atom is 0.332 e. The Kier molecular flexibility index (Phi) is 2.26. The van der Waals surface area contributed by atoms with Gasteiger partial charge in [0, 0.05) is 6.20 Å². The van der Waals surface area contributed by atoms with Crippen molar-refractivity contribution < 1.29 is 4.39 Å². The molecular formula is C13H10FN3O. The largest absolute Gasteiger partial charge is 0.332 e. The van der Waals surface area contributed by atoms with Crippen molar-refractivity contribution in [2.24, 2.45) is 0 Å². The van der Waals surface area contributed by atoms with Crippen LogP contribution in [0.25, 0.3) is 16.9 Å². The Hall–Kier alpha value is -2.43. The molecule has 4 nitrogen and oxygen atoms in total. The molecule has 0 saturated carbocycles. The van der Waals surface area contributed by atoms with Crippen LogP contribution >= 0.6 is 0 Å². The van der Waals surface area contributed by atoms with E-state index in [0.29, 0.717) is 16.9 Å². The highest BCUT2D eigenvalue weighted by Gasteiger charge is 2.10. The molecule has 0 radical (unpaired) electrons. The van der Waals surface area contributed by atoms with Crippen LogP contribution in [0.4, 0.5) is 4.39 Å². The lowest BCUT2D eigenvalue weighted by molar-refractivity contribution is 0.629. The molecule has 0 atom stereocenters. The molecule has 0 saturated heterocycles. The summed E-state index contributed by atoms with van der Waals surface area (Å²) in [6.45, 7) is 1.92. The third-order valence-electron chi connectivity index (χ3n) is 2.77. The van der Waals surface area contributed by atoms with E-state index < -0.39 is 0 Å². The zero-order chi connectivity index (χ0) is 12.7. The van der Waals surface area contributed by atoms with Crippen LogP contribution < -0.4 is 5.69 Å². The zero-order valence-corrected chi connectivity index (χ0v) is 9.64. The lowest BCUT2D eigenvalue weighted by atomic mass is 10.3. The number of hydrogen-bond acceptors (Lipinski definition) is 2. The SMILES string of the molecule is Cc1ccnc(-n2c(=O)[nH]c3cc(F)ccc32)c1. The van der Waals surface area contributed by atoms with Crippen LogP contribution in [0.15, 0.2) is 41.3 Å². The first kappa shape index (κ1) is 10.7. The summed E-state index contributed by atoms with van der Waals surface area (Å²) in [6.07, 6.45) is 1.64. The van der Waals surface area contributed by atoms with Crippen LogP contribution in [0.5, 0.6) is 0 Å². The van der Waals surface area contributed by atoms with E-state index in [1.54, 1.807) is 18.3 Å². The number of aromatic nitrogens is 3. The van der Waals surface area contributed by atoms with Crippen molar-refractivity contribution in [1.82, 2.24) is 14.5 Å². The lowest BCUT2D eigenvalue weighted by Gasteiger charge is -2.02. The second-order valence-corrected chi connectivity index (χ2v) is 4.12. The van der Waals surface area contributed by atoms with Crippen molar-refractivity contribution in [2.75, 3.05) is 0 Å². The summed E-state index contributed by atoms with van der Waals surface area (Å²) < 4.78 is 14.5. The van der Waals surface area contributed by atoms with Crippen molar-refractivity contribution in [1.29, 1.82) is 0 Å². The molecule has 5 heteroatoms. The molecule has 3 rings (SSSR count). The molecular weight excluding hydrogens is 233 g/mol. The predicted molar refractivity (Wildman–Crippen MR) is 66.4 cm³/mol. The number of H-pyrrole nitrogens is 1. The molecule has 1 N–H and O–H groups in total. The third kappa shape index (κ3) is 1.60. The molecule has 2 heterocycles. The van der Waals surface area contributed by atoms with Gasteiger partial charge in [0.25, 0.3) is 0 Å². The Balaban J connectivity index is 2.35. The number of aryl methyl sites for hydroxylation is 1. The van der Waals surface area contributed by atoms with Gasteiger partial charge in [0.2, 0.25) is 0 Å². The molecule has 0 bridgehead atoms. The van der Waals surface area contributed by atoms with Gasteiger partial charge in [-0.05, 0) is 42.8 Å². The molecule has 0 unspecified atom stereocenters. The van der Waals surface area contributed by atoms with Gasteiger partial charge in [-0.1, -0.05) is 0 Å². The first-order chi connectivity index (χ1) is 8.65. The number of halogens is 1. The van der Waals surface area contributed by atoms with Crippen molar-refractivity contribution in [2.45, 2.75) is 6.92 Å². The fraction of sp³-hybridized carbons (Fsp3) is 0.0769. The summed E-state index contributed by atoms with van der Waals surface area (Å²) in [5, 5.41) is 0. The molecule has 0 aliphatic heterocycles. The normalized spacial score (nSPS) is 11.0. The van der Waals surface area contributed by atoms with E-state index in [4.69, 9.17) is 0 Å². The molecule has 0 fully saturated rings. The molecule has 2 aromatic heterocycles. The van der Waals surface area contributed by atoms with Crippen LogP contribution in [-0.2, 0) is 0 Å². The van der Waals surface area contributed by atoms with Gasteiger partial charge in [-0.25, -0.2) is 18.7 Å². The van der Waals surface area contributed by atoms with Crippen molar-refractivity contribution in [3.8, 4) is 5.82 Å². The summed E-state index contributed by atoms with van der Waals surface area (Å²) in [4.78, 5) is 18.7. The van der Waals surface area contributed by atoms with E-state index in [-0.39, 0.29) is 11.5 Å². The number of hydrogen-bond donors (Lipinski definition) is 1. The number of imidazole rings is 1. The summed E-state index contributed by atoms with van der Waals surface area (Å²) in [5.74, 6) is 0.144. The summed E-state index contributed by atoms with van der Waals surface area (Å²) >= 11 is 0. The Morgan fingerprint density at radius 2 is 2.11 bits per heavy atom. The standard InChI is InChI=1S/C13H10FN3O/c1-8-4-5-15-12(6-8)17-11-3-2-9(14)7-10(11)16-13(17)18/h2-7H,1H3,(H,16,18). The monoisotopic (exact) mass is 243 g/mol. The Morgan fingerprint density at radius 3 is 2.89 bits per heavy atom. The van der Waals surface area contributed by atoms with E-state index in [9.17, 15) is 9.18 Å².